The van der Waals surface area contributed by atoms with Crippen molar-refractivity contribution in [3.8, 4) is 0 Å². The lowest BCUT2D eigenvalue weighted by molar-refractivity contribution is 0.186. The van der Waals surface area contributed by atoms with Gasteiger partial charge in [0.25, 0.3) is 0 Å². The molecule has 3 unspecified atom stereocenters. The van der Waals surface area contributed by atoms with Crippen LogP contribution in [0.4, 0.5) is 0 Å². The lowest BCUT2D eigenvalue weighted by atomic mass is 9.73. The Hall–Kier alpha value is -0.0800. The molecule has 2 aliphatic carbocycles. The van der Waals surface area contributed by atoms with Crippen molar-refractivity contribution in [3.63, 3.8) is 0 Å². The summed E-state index contributed by atoms with van der Waals surface area (Å²) in [6, 6.07) is 0.482. The molecule has 2 nitrogen and oxygen atoms in total. The van der Waals surface area contributed by atoms with Gasteiger partial charge in [0.1, 0.15) is 0 Å². The van der Waals surface area contributed by atoms with Gasteiger partial charge in [0, 0.05) is 12.6 Å². The van der Waals surface area contributed by atoms with Gasteiger partial charge in [-0.1, -0.05) is 25.7 Å². The number of hydrogen-bond donors (Lipinski definition) is 1. The Bertz CT molecular complexity index is 239. The van der Waals surface area contributed by atoms with E-state index in [2.05, 4.69) is 19.0 Å². The van der Waals surface area contributed by atoms with Crippen LogP contribution in [-0.2, 0) is 0 Å². The van der Waals surface area contributed by atoms with Crippen LogP contribution in [0, 0.1) is 17.8 Å². The van der Waals surface area contributed by atoms with Gasteiger partial charge in [-0.25, -0.2) is 0 Å². The van der Waals surface area contributed by atoms with E-state index in [-0.39, 0.29) is 0 Å². The molecular formula is C16H32N2. The highest BCUT2D eigenvalue weighted by Gasteiger charge is 2.28. The zero-order valence-electron chi connectivity index (χ0n) is 12.4. The first kappa shape index (κ1) is 14.3. The Labute approximate surface area is 113 Å². The molecular weight excluding hydrogens is 220 g/mol. The number of nitrogens with zero attached hydrogens (tertiary/aromatic N) is 1. The van der Waals surface area contributed by atoms with Gasteiger partial charge in [0.15, 0.2) is 0 Å². The Balaban J connectivity index is 1.91. The highest BCUT2D eigenvalue weighted by atomic mass is 15.1. The minimum atomic E-state index is 0.482. The van der Waals surface area contributed by atoms with Crippen LogP contribution in [0.2, 0.25) is 0 Å². The molecule has 2 fully saturated rings. The van der Waals surface area contributed by atoms with E-state index in [0.717, 1.165) is 17.8 Å². The quantitative estimate of drug-likeness (QED) is 0.817. The molecule has 0 aromatic rings. The smallest absolute Gasteiger partial charge is 0.00673 e. The number of hydrogen-bond acceptors (Lipinski definition) is 2. The predicted octanol–water partition coefficient (Wildman–Crippen LogP) is 3.26. The molecule has 0 aliphatic heterocycles. The standard InChI is InChI=1S/C16H32N2/c1-18(2)12-14-7-3-5-13-6-4-8-15(11-13)16(17)10-9-14/h13-16H,3-12,17H2,1-2H3/t13?,14?,15?,16-/m0/s1. The van der Waals surface area contributed by atoms with Gasteiger partial charge >= 0.3 is 0 Å². The molecule has 2 N–H and O–H groups in total. The molecule has 2 bridgehead atoms. The maximum atomic E-state index is 6.45. The second-order valence-corrected chi connectivity index (χ2v) is 7.09. The lowest BCUT2D eigenvalue weighted by Crippen LogP contribution is -2.35. The SMILES string of the molecule is CN(C)CC1CCCC2CCCC(C2)[C@@H](N)CC1. The first-order chi connectivity index (χ1) is 8.65. The van der Waals surface area contributed by atoms with Crippen molar-refractivity contribution >= 4 is 0 Å². The maximum absolute atomic E-state index is 6.45. The van der Waals surface area contributed by atoms with E-state index in [4.69, 9.17) is 5.73 Å². The van der Waals surface area contributed by atoms with E-state index in [0.29, 0.717) is 6.04 Å². The fraction of sp³-hybridized carbons (Fsp3) is 1.00. The molecule has 106 valence electrons. The number of rotatable bonds is 2. The van der Waals surface area contributed by atoms with E-state index < -0.39 is 0 Å². The van der Waals surface area contributed by atoms with Gasteiger partial charge in [0.2, 0.25) is 0 Å². The van der Waals surface area contributed by atoms with Crippen LogP contribution in [0.1, 0.15) is 57.8 Å². The first-order valence-corrected chi connectivity index (χ1v) is 8.05. The van der Waals surface area contributed by atoms with Crippen LogP contribution < -0.4 is 5.73 Å². The molecule has 2 aliphatic rings. The molecule has 0 aromatic carbocycles. The molecule has 0 aromatic heterocycles. The Morgan fingerprint density at radius 3 is 2.39 bits per heavy atom. The van der Waals surface area contributed by atoms with E-state index in [1.165, 1.54) is 64.3 Å². The van der Waals surface area contributed by atoms with E-state index in [1.807, 2.05) is 0 Å². The van der Waals surface area contributed by atoms with Gasteiger partial charge in [-0.15, -0.1) is 0 Å². The van der Waals surface area contributed by atoms with Crippen molar-refractivity contribution in [1.82, 2.24) is 4.90 Å². The molecule has 0 heterocycles. The van der Waals surface area contributed by atoms with Crippen molar-refractivity contribution < 1.29 is 0 Å². The second-order valence-electron chi connectivity index (χ2n) is 7.09. The van der Waals surface area contributed by atoms with Crippen molar-refractivity contribution in [3.05, 3.63) is 0 Å². The van der Waals surface area contributed by atoms with Gasteiger partial charge in [0.05, 0.1) is 0 Å². The monoisotopic (exact) mass is 252 g/mol. The van der Waals surface area contributed by atoms with Gasteiger partial charge in [-0.2, -0.15) is 0 Å². The zero-order chi connectivity index (χ0) is 13.0. The topological polar surface area (TPSA) is 29.3 Å². The summed E-state index contributed by atoms with van der Waals surface area (Å²) in [5.41, 5.74) is 6.45. The van der Waals surface area contributed by atoms with Crippen molar-refractivity contribution in [2.24, 2.45) is 23.5 Å². The Morgan fingerprint density at radius 2 is 1.67 bits per heavy atom. The van der Waals surface area contributed by atoms with Gasteiger partial charge in [-0.05, 0) is 64.0 Å². The zero-order valence-corrected chi connectivity index (χ0v) is 12.4. The Kier molecular flexibility index (Phi) is 5.50. The predicted molar refractivity (Wildman–Crippen MR) is 78.6 cm³/mol. The van der Waals surface area contributed by atoms with E-state index in [1.54, 1.807) is 0 Å². The molecule has 0 amide bonds. The van der Waals surface area contributed by atoms with Crippen molar-refractivity contribution in [2.45, 2.75) is 63.8 Å². The molecule has 2 saturated carbocycles. The summed E-state index contributed by atoms with van der Waals surface area (Å²) >= 11 is 0. The van der Waals surface area contributed by atoms with Crippen LogP contribution >= 0.6 is 0 Å². The first-order valence-electron chi connectivity index (χ1n) is 8.05. The fourth-order valence-electron chi connectivity index (χ4n) is 4.19. The molecule has 0 spiro atoms. The highest BCUT2D eigenvalue weighted by molar-refractivity contribution is 4.83. The number of fused-ring (bicyclic) bond motifs is 2. The molecule has 18 heavy (non-hydrogen) atoms. The van der Waals surface area contributed by atoms with Crippen molar-refractivity contribution in [2.75, 3.05) is 20.6 Å². The van der Waals surface area contributed by atoms with Crippen LogP contribution in [0.3, 0.4) is 0 Å². The largest absolute Gasteiger partial charge is 0.327 e. The lowest BCUT2D eigenvalue weighted by Gasteiger charge is -2.35. The summed E-state index contributed by atoms with van der Waals surface area (Å²) in [7, 11) is 4.40. The van der Waals surface area contributed by atoms with Crippen LogP contribution in [0.15, 0.2) is 0 Å². The summed E-state index contributed by atoms with van der Waals surface area (Å²) < 4.78 is 0. The normalized spacial score (nSPS) is 38.7. The van der Waals surface area contributed by atoms with E-state index >= 15 is 0 Å². The van der Waals surface area contributed by atoms with Crippen LogP contribution in [0.25, 0.3) is 0 Å². The Morgan fingerprint density at radius 1 is 0.944 bits per heavy atom. The molecule has 2 heteroatoms. The third-order valence-corrected chi connectivity index (χ3v) is 5.19. The highest BCUT2D eigenvalue weighted by Crippen LogP contribution is 2.36. The fourth-order valence-corrected chi connectivity index (χ4v) is 4.19. The average molecular weight is 252 g/mol. The molecule has 2 rings (SSSR count). The van der Waals surface area contributed by atoms with Crippen LogP contribution in [0.5, 0.6) is 0 Å². The minimum Gasteiger partial charge on any atom is -0.327 e. The summed E-state index contributed by atoms with van der Waals surface area (Å²) in [5.74, 6) is 2.71. The summed E-state index contributed by atoms with van der Waals surface area (Å²) in [6.45, 7) is 1.25. The average Bonchev–Trinajstić information content (AvgIpc) is 2.34. The summed E-state index contributed by atoms with van der Waals surface area (Å²) in [6.07, 6.45) is 12.7. The minimum absolute atomic E-state index is 0.482. The van der Waals surface area contributed by atoms with Gasteiger partial charge in [-0.3, -0.25) is 0 Å². The third kappa shape index (κ3) is 4.24. The van der Waals surface area contributed by atoms with Crippen LogP contribution in [-0.4, -0.2) is 31.6 Å². The second kappa shape index (κ2) is 6.91. The molecule has 0 saturated heterocycles. The summed E-state index contributed by atoms with van der Waals surface area (Å²) in [4.78, 5) is 2.35. The van der Waals surface area contributed by atoms with Crippen molar-refractivity contribution in [1.29, 1.82) is 0 Å². The van der Waals surface area contributed by atoms with Gasteiger partial charge < -0.3 is 10.6 Å². The third-order valence-electron chi connectivity index (χ3n) is 5.19. The molecule has 4 atom stereocenters. The van der Waals surface area contributed by atoms with E-state index in [9.17, 15) is 0 Å². The summed E-state index contributed by atoms with van der Waals surface area (Å²) in [5, 5.41) is 0. The number of nitrogens with two attached hydrogens (primary N) is 1. The molecule has 0 radical (unpaired) electrons. The maximum Gasteiger partial charge on any atom is 0.00673 e.